The molecule has 2 amide bonds. The molecule has 0 saturated heterocycles. The lowest BCUT2D eigenvalue weighted by atomic mass is 10.0. The number of ether oxygens (including phenoxy) is 1. The van der Waals surface area contributed by atoms with Crippen molar-refractivity contribution in [3.63, 3.8) is 0 Å². The van der Waals surface area contributed by atoms with Crippen molar-refractivity contribution < 1.29 is 22.7 Å². The first-order chi connectivity index (χ1) is 18.5. The number of methoxy groups -OCH3 is 1. The second-order valence-corrected chi connectivity index (χ2v) is 11.5. The molecule has 0 aliphatic heterocycles. The smallest absolute Gasteiger partial charge is 0.244 e. The zero-order valence-electron chi connectivity index (χ0n) is 22.6. The fourth-order valence-corrected chi connectivity index (χ4v) is 5.33. The number of hydrogen-bond donors (Lipinski definition) is 1. The zero-order valence-corrected chi connectivity index (χ0v) is 24.1. The molecule has 3 aromatic carbocycles. The van der Waals surface area contributed by atoms with E-state index in [0.29, 0.717) is 12.3 Å². The van der Waals surface area contributed by atoms with Crippen molar-refractivity contribution in [3.8, 4) is 5.75 Å². The van der Waals surface area contributed by atoms with Gasteiger partial charge in [0, 0.05) is 19.5 Å². The Balaban J connectivity index is 2.06. The SMILES string of the molecule is CCNC(=O)C(Cc1ccccc1)N(Cc1ccccc1C)C(=O)CN(c1ccc(OC)c(Cl)c1)S(C)(=O)=O. The van der Waals surface area contributed by atoms with Crippen LogP contribution in [0.2, 0.25) is 5.02 Å². The number of carbonyl (C=O) groups excluding carboxylic acids is 2. The lowest BCUT2D eigenvalue weighted by Crippen LogP contribution is -2.53. The van der Waals surface area contributed by atoms with E-state index in [4.69, 9.17) is 16.3 Å². The Morgan fingerprint density at radius 1 is 1.03 bits per heavy atom. The summed E-state index contributed by atoms with van der Waals surface area (Å²) < 4.78 is 31.9. The van der Waals surface area contributed by atoms with Crippen LogP contribution in [0.5, 0.6) is 5.75 Å². The van der Waals surface area contributed by atoms with Gasteiger partial charge < -0.3 is 15.0 Å². The van der Waals surface area contributed by atoms with E-state index in [2.05, 4.69) is 5.32 Å². The molecule has 0 radical (unpaired) electrons. The van der Waals surface area contributed by atoms with Crippen LogP contribution in [0, 0.1) is 6.92 Å². The molecular formula is C29H34ClN3O5S. The van der Waals surface area contributed by atoms with Crippen molar-refractivity contribution in [2.24, 2.45) is 0 Å². The number of sulfonamides is 1. The molecule has 208 valence electrons. The van der Waals surface area contributed by atoms with Crippen LogP contribution in [0.15, 0.2) is 72.8 Å². The summed E-state index contributed by atoms with van der Waals surface area (Å²) in [5.41, 5.74) is 2.89. The van der Waals surface area contributed by atoms with Gasteiger partial charge in [-0.15, -0.1) is 0 Å². The van der Waals surface area contributed by atoms with Gasteiger partial charge in [0.05, 0.1) is 24.1 Å². The Labute approximate surface area is 235 Å². The molecule has 0 aliphatic rings. The molecule has 0 spiro atoms. The van der Waals surface area contributed by atoms with Gasteiger partial charge in [0.25, 0.3) is 0 Å². The minimum atomic E-state index is -3.89. The van der Waals surface area contributed by atoms with Crippen molar-refractivity contribution in [1.29, 1.82) is 0 Å². The van der Waals surface area contributed by atoms with E-state index in [1.54, 1.807) is 6.07 Å². The van der Waals surface area contributed by atoms with Gasteiger partial charge in [-0.2, -0.15) is 0 Å². The first-order valence-corrected chi connectivity index (χ1v) is 14.7. The number of aryl methyl sites for hydroxylation is 1. The van der Waals surface area contributed by atoms with Crippen LogP contribution in [0.3, 0.4) is 0 Å². The van der Waals surface area contributed by atoms with Gasteiger partial charge in [0.2, 0.25) is 21.8 Å². The standard InChI is InChI=1S/C29H34ClN3O5S/c1-5-31-29(35)26(17-22-12-7-6-8-13-22)32(19-23-14-10-9-11-21(23)2)28(34)20-33(39(4,36)37)24-15-16-27(38-3)25(30)18-24/h6-16,18,26H,5,17,19-20H2,1-4H3,(H,31,35). The molecule has 3 aromatic rings. The van der Waals surface area contributed by atoms with Gasteiger partial charge in [-0.05, 0) is 48.7 Å². The van der Waals surface area contributed by atoms with Gasteiger partial charge in [-0.25, -0.2) is 8.42 Å². The Bertz CT molecular complexity index is 1400. The van der Waals surface area contributed by atoms with Crippen molar-refractivity contribution in [2.75, 3.05) is 30.8 Å². The number of nitrogens with zero attached hydrogens (tertiary/aromatic N) is 2. The number of nitrogens with one attached hydrogen (secondary N) is 1. The fraction of sp³-hybridized carbons (Fsp3) is 0.310. The fourth-order valence-electron chi connectivity index (χ4n) is 4.24. The molecule has 8 nitrogen and oxygen atoms in total. The summed E-state index contributed by atoms with van der Waals surface area (Å²) in [4.78, 5) is 28.9. The monoisotopic (exact) mass is 571 g/mol. The number of amides is 2. The van der Waals surface area contributed by atoms with E-state index in [1.165, 1.54) is 24.1 Å². The predicted octanol–water partition coefficient (Wildman–Crippen LogP) is 4.20. The van der Waals surface area contributed by atoms with Gasteiger partial charge in [0.1, 0.15) is 18.3 Å². The number of rotatable bonds is 12. The lowest BCUT2D eigenvalue weighted by molar-refractivity contribution is -0.140. The molecule has 0 aromatic heterocycles. The summed E-state index contributed by atoms with van der Waals surface area (Å²) in [6, 6.07) is 20.6. The van der Waals surface area contributed by atoms with E-state index in [-0.39, 0.29) is 29.6 Å². The third kappa shape index (κ3) is 7.97. The quantitative estimate of drug-likeness (QED) is 0.351. The summed E-state index contributed by atoms with van der Waals surface area (Å²) in [5.74, 6) is -0.468. The van der Waals surface area contributed by atoms with Crippen LogP contribution >= 0.6 is 11.6 Å². The normalized spacial score (nSPS) is 11.9. The summed E-state index contributed by atoms with van der Waals surface area (Å²) in [6.45, 7) is 3.73. The van der Waals surface area contributed by atoms with Gasteiger partial charge in [-0.1, -0.05) is 66.2 Å². The van der Waals surface area contributed by atoms with E-state index in [1.807, 2.05) is 68.4 Å². The van der Waals surface area contributed by atoms with Gasteiger partial charge >= 0.3 is 0 Å². The molecule has 39 heavy (non-hydrogen) atoms. The number of anilines is 1. The minimum absolute atomic E-state index is 0.126. The maximum atomic E-state index is 14.0. The Hall–Kier alpha value is -3.56. The molecule has 1 unspecified atom stereocenters. The number of halogens is 1. The first kappa shape index (κ1) is 30.0. The van der Waals surface area contributed by atoms with Crippen molar-refractivity contribution in [1.82, 2.24) is 10.2 Å². The van der Waals surface area contributed by atoms with E-state index >= 15 is 0 Å². The summed E-state index contributed by atoms with van der Waals surface area (Å²) >= 11 is 6.27. The lowest BCUT2D eigenvalue weighted by Gasteiger charge is -2.33. The molecule has 0 heterocycles. The van der Waals surface area contributed by atoms with Crippen LogP contribution in [0.25, 0.3) is 0 Å². The van der Waals surface area contributed by atoms with Crippen LogP contribution in [0.4, 0.5) is 5.69 Å². The zero-order chi connectivity index (χ0) is 28.6. The molecular weight excluding hydrogens is 538 g/mol. The van der Waals surface area contributed by atoms with E-state index in [0.717, 1.165) is 27.3 Å². The molecule has 0 fully saturated rings. The van der Waals surface area contributed by atoms with Crippen LogP contribution in [-0.2, 0) is 32.6 Å². The number of hydrogen-bond acceptors (Lipinski definition) is 5. The topological polar surface area (TPSA) is 96.0 Å². The van der Waals surface area contributed by atoms with Crippen LogP contribution in [0.1, 0.15) is 23.6 Å². The molecule has 0 saturated carbocycles. The number of likely N-dealkylation sites (N-methyl/N-ethyl adjacent to an activating group) is 1. The van der Waals surface area contributed by atoms with Gasteiger partial charge in [0.15, 0.2) is 0 Å². The van der Waals surface area contributed by atoms with Crippen LogP contribution in [-0.4, -0.2) is 57.6 Å². The average Bonchev–Trinajstić information content (AvgIpc) is 2.90. The third-order valence-electron chi connectivity index (χ3n) is 6.33. The van der Waals surface area contributed by atoms with Gasteiger partial charge in [-0.3, -0.25) is 13.9 Å². The number of benzene rings is 3. The van der Waals surface area contributed by atoms with E-state index < -0.39 is 28.5 Å². The molecule has 0 bridgehead atoms. The van der Waals surface area contributed by atoms with E-state index in [9.17, 15) is 18.0 Å². The second kappa shape index (κ2) is 13.5. The molecule has 1 atom stereocenters. The summed E-state index contributed by atoms with van der Waals surface area (Å²) in [5, 5.41) is 3.05. The largest absolute Gasteiger partial charge is 0.495 e. The third-order valence-corrected chi connectivity index (χ3v) is 7.76. The first-order valence-electron chi connectivity index (χ1n) is 12.5. The molecule has 0 aliphatic carbocycles. The molecule has 1 N–H and O–H groups in total. The average molecular weight is 572 g/mol. The van der Waals surface area contributed by atoms with Crippen molar-refractivity contribution in [3.05, 3.63) is 94.5 Å². The Morgan fingerprint density at radius 3 is 2.28 bits per heavy atom. The second-order valence-electron chi connectivity index (χ2n) is 9.14. The van der Waals surface area contributed by atoms with Crippen molar-refractivity contribution >= 4 is 39.1 Å². The highest BCUT2D eigenvalue weighted by Gasteiger charge is 2.33. The Kier molecular flexibility index (Phi) is 10.4. The summed E-state index contributed by atoms with van der Waals surface area (Å²) in [7, 11) is -2.44. The maximum Gasteiger partial charge on any atom is 0.244 e. The molecule has 10 heteroatoms. The predicted molar refractivity (Wildman–Crippen MR) is 155 cm³/mol. The highest BCUT2D eigenvalue weighted by Crippen LogP contribution is 2.30. The maximum absolute atomic E-state index is 14.0. The number of carbonyl (C=O) groups is 2. The summed E-state index contributed by atoms with van der Waals surface area (Å²) in [6.07, 6.45) is 1.28. The molecule has 3 rings (SSSR count). The van der Waals surface area contributed by atoms with Crippen molar-refractivity contribution in [2.45, 2.75) is 32.9 Å². The highest BCUT2D eigenvalue weighted by atomic mass is 35.5. The minimum Gasteiger partial charge on any atom is -0.495 e. The highest BCUT2D eigenvalue weighted by molar-refractivity contribution is 7.92. The Morgan fingerprint density at radius 2 is 1.69 bits per heavy atom. The van der Waals surface area contributed by atoms with Crippen LogP contribution < -0.4 is 14.4 Å².